The van der Waals surface area contributed by atoms with Crippen LogP contribution in [-0.2, 0) is 25.5 Å². The van der Waals surface area contributed by atoms with Crippen LogP contribution in [0.15, 0.2) is 60.0 Å². The van der Waals surface area contributed by atoms with Gasteiger partial charge in [0.25, 0.3) is 11.8 Å². The number of carbonyl (C=O) groups is 4. The van der Waals surface area contributed by atoms with Gasteiger partial charge in [-0.3, -0.25) is 24.2 Å². The lowest BCUT2D eigenvalue weighted by Crippen LogP contribution is -2.46. The van der Waals surface area contributed by atoms with E-state index in [0.717, 1.165) is 5.70 Å². The third kappa shape index (κ3) is 4.07. The molecule has 0 aromatic heterocycles. The molecule has 9 heteroatoms. The number of carbonyl (C=O) groups excluding carboxylic acids is 4. The van der Waals surface area contributed by atoms with Gasteiger partial charge in [-0.2, -0.15) is 0 Å². The molecule has 1 aromatic rings. The molecule has 1 aromatic carbocycles. The van der Waals surface area contributed by atoms with Gasteiger partial charge in [0.15, 0.2) is 0 Å². The Morgan fingerprint density at radius 2 is 1.70 bits per heavy atom. The van der Waals surface area contributed by atoms with Crippen LogP contribution in [0.3, 0.4) is 0 Å². The standard InChI is InChI=1S/C24H23N3O6/c28-21-12-16-4-1-2-7-20(16)23(30)27(21)14-19-13-26(24(31)33-19)18-6-3-5-17(8-9-18)25-10-11-32-15-22(25)29/h1-2,4-9,19H,3,10-15H2. The number of cyclic esters (lactones) is 1. The maximum absolute atomic E-state index is 12.8. The maximum Gasteiger partial charge on any atom is 0.414 e. The third-order valence-electron chi connectivity index (χ3n) is 6.08. The normalized spacial score (nSPS) is 23.3. The van der Waals surface area contributed by atoms with Crippen LogP contribution in [0.1, 0.15) is 22.3 Å². The number of hydrogen-bond donors (Lipinski definition) is 0. The Labute approximate surface area is 190 Å². The molecule has 170 valence electrons. The van der Waals surface area contributed by atoms with Crippen molar-refractivity contribution in [2.45, 2.75) is 18.9 Å². The Morgan fingerprint density at radius 1 is 0.939 bits per heavy atom. The van der Waals surface area contributed by atoms with Gasteiger partial charge in [-0.1, -0.05) is 30.4 Å². The molecule has 2 fully saturated rings. The van der Waals surface area contributed by atoms with Crippen LogP contribution in [0.2, 0.25) is 0 Å². The van der Waals surface area contributed by atoms with E-state index in [1.54, 1.807) is 41.3 Å². The predicted molar refractivity (Wildman–Crippen MR) is 116 cm³/mol. The molecule has 0 radical (unpaired) electrons. The summed E-state index contributed by atoms with van der Waals surface area (Å²) in [6.07, 6.45) is 6.92. The van der Waals surface area contributed by atoms with E-state index in [0.29, 0.717) is 36.4 Å². The molecule has 1 unspecified atom stereocenters. The molecular weight excluding hydrogens is 426 g/mol. The Hall–Kier alpha value is -3.72. The second-order valence-electron chi connectivity index (χ2n) is 8.18. The first-order valence-corrected chi connectivity index (χ1v) is 10.9. The van der Waals surface area contributed by atoms with Gasteiger partial charge in [-0.15, -0.1) is 0 Å². The van der Waals surface area contributed by atoms with E-state index in [9.17, 15) is 19.2 Å². The number of ether oxygens (including phenoxy) is 2. The van der Waals surface area contributed by atoms with Gasteiger partial charge in [-0.05, 0) is 30.2 Å². The van der Waals surface area contributed by atoms with E-state index < -0.39 is 12.2 Å². The molecule has 0 spiro atoms. The first-order valence-electron chi connectivity index (χ1n) is 10.9. The van der Waals surface area contributed by atoms with Gasteiger partial charge in [0.1, 0.15) is 12.7 Å². The first kappa shape index (κ1) is 21.1. The predicted octanol–water partition coefficient (Wildman–Crippen LogP) is 1.62. The van der Waals surface area contributed by atoms with Crippen LogP contribution < -0.4 is 0 Å². The van der Waals surface area contributed by atoms with Gasteiger partial charge < -0.3 is 14.4 Å². The van der Waals surface area contributed by atoms with Crippen molar-refractivity contribution in [2.75, 3.05) is 32.8 Å². The van der Waals surface area contributed by atoms with Crippen molar-refractivity contribution in [1.82, 2.24) is 14.7 Å². The van der Waals surface area contributed by atoms with Crippen LogP contribution in [0.4, 0.5) is 4.79 Å². The Balaban J connectivity index is 1.25. The van der Waals surface area contributed by atoms with Gasteiger partial charge in [0.05, 0.1) is 26.1 Å². The average Bonchev–Trinajstić information content (AvgIpc) is 3.01. The first-order chi connectivity index (χ1) is 16.0. The summed E-state index contributed by atoms with van der Waals surface area (Å²) in [6, 6.07) is 7.04. The highest BCUT2D eigenvalue weighted by Crippen LogP contribution is 2.25. The number of amides is 4. The zero-order chi connectivity index (χ0) is 22.9. The average molecular weight is 449 g/mol. The summed E-state index contributed by atoms with van der Waals surface area (Å²) >= 11 is 0. The maximum atomic E-state index is 12.8. The second-order valence-corrected chi connectivity index (χ2v) is 8.18. The fourth-order valence-electron chi connectivity index (χ4n) is 4.41. The molecule has 5 rings (SSSR count). The van der Waals surface area contributed by atoms with Crippen molar-refractivity contribution < 1.29 is 28.7 Å². The molecule has 33 heavy (non-hydrogen) atoms. The summed E-state index contributed by atoms with van der Waals surface area (Å²) in [4.78, 5) is 54.4. The molecule has 3 heterocycles. The Morgan fingerprint density at radius 3 is 2.48 bits per heavy atom. The quantitative estimate of drug-likeness (QED) is 0.648. The van der Waals surface area contributed by atoms with Crippen LogP contribution in [-0.4, -0.2) is 77.5 Å². The molecule has 0 N–H and O–H groups in total. The lowest BCUT2D eigenvalue weighted by molar-refractivity contribution is -0.139. The zero-order valence-corrected chi connectivity index (χ0v) is 17.9. The number of morpholine rings is 1. The second kappa shape index (κ2) is 8.67. The van der Waals surface area contributed by atoms with Crippen molar-refractivity contribution in [3.05, 3.63) is 71.1 Å². The summed E-state index contributed by atoms with van der Waals surface area (Å²) in [5.74, 6) is -0.765. The van der Waals surface area contributed by atoms with Crippen molar-refractivity contribution in [3.8, 4) is 0 Å². The van der Waals surface area contributed by atoms with Crippen molar-refractivity contribution in [3.63, 3.8) is 0 Å². The van der Waals surface area contributed by atoms with Gasteiger partial charge in [0.2, 0.25) is 5.91 Å². The van der Waals surface area contributed by atoms with Crippen LogP contribution in [0, 0.1) is 0 Å². The highest BCUT2D eigenvalue weighted by Gasteiger charge is 2.38. The summed E-state index contributed by atoms with van der Waals surface area (Å²) < 4.78 is 10.7. The number of rotatable bonds is 4. The smallest absolute Gasteiger partial charge is 0.414 e. The minimum Gasteiger partial charge on any atom is -0.442 e. The Bertz CT molecular complexity index is 1120. The van der Waals surface area contributed by atoms with Crippen LogP contribution in [0.5, 0.6) is 0 Å². The van der Waals surface area contributed by atoms with E-state index in [4.69, 9.17) is 9.47 Å². The highest BCUT2D eigenvalue weighted by molar-refractivity contribution is 6.09. The van der Waals surface area contributed by atoms with E-state index in [1.165, 1.54) is 9.80 Å². The van der Waals surface area contributed by atoms with Gasteiger partial charge in [-0.25, -0.2) is 4.79 Å². The van der Waals surface area contributed by atoms with Crippen LogP contribution >= 0.6 is 0 Å². The highest BCUT2D eigenvalue weighted by atomic mass is 16.6. The summed E-state index contributed by atoms with van der Waals surface area (Å²) in [6.45, 7) is 1.26. The number of fused-ring (bicyclic) bond motifs is 1. The molecule has 3 aliphatic heterocycles. The molecule has 9 nitrogen and oxygen atoms in total. The molecule has 4 amide bonds. The SMILES string of the molecule is O=C1Cc2ccccc2C(=O)N1CC1CN(C2=CCC=C(N3CCOCC3=O)C=C2)C(=O)O1. The van der Waals surface area contributed by atoms with E-state index >= 15 is 0 Å². The van der Waals surface area contributed by atoms with Crippen LogP contribution in [0.25, 0.3) is 0 Å². The molecule has 0 saturated carbocycles. The molecule has 1 atom stereocenters. The van der Waals surface area contributed by atoms with Crippen molar-refractivity contribution >= 4 is 23.8 Å². The molecule has 0 bridgehead atoms. The number of nitrogens with zero attached hydrogens (tertiary/aromatic N) is 3. The largest absolute Gasteiger partial charge is 0.442 e. The van der Waals surface area contributed by atoms with Gasteiger partial charge in [0, 0.05) is 23.5 Å². The fourth-order valence-corrected chi connectivity index (χ4v) is 4.41. The molecule has 4 aliphatic rings. The fraction of sp³-hybridized carbons (Fsp3) is 0.333. The van der Waals surface area contributed by atoms with Crippen molar-refractivity contribution in [1.29, 1.82) is 0 Å². The van der Waals surface area contributed by atoms with E-state index in [-0.39, 0.29) is 43.8 Å². The summed E-state index contributed by atoms with van der Waals surface area (Å²) in [5, 5.41) is 0. The van der Waals surface area contributed by atoms with E-state index in [2.05, 4.69) is 0 Å². The number of imide groups is 1. The number of benzene rings is 1. The summed E-state index contributed by atoms with van der Waals surface area (Å²) in [5.41, 5.74) is 2.63. The molecule has 1 aliphatic carbocycles. The molecular formula is C24H23N3O6. The van der Waals surface area contributed by atoms with Crippen molar-refractivity contribution in [2.24, 2.45) is 0 Å². The topological polar surface area (TPSA) is 96.5 Å². The van der Waals surface area contributed by atoms with Gasteiger partial charge >= 0.3 is 6.09 Å². The summed E-state index contributed by atoms with van der Waals surface area (Å²) in [7, 11) is 0. The lowest BCUT2D eigenvalue weighted by Gasteiger charge is -2.28. The third-order valence-corrected chi connectivity index (χ3v) is 6.08. The van der Waals surface area contributed by atoms with E-state index in [1.807, 2.05) is 12.2 Å². The number of hydrogen-bond acceptors (Lipinski definition) is 6. The lowest BCUT2D eigenvalue weighted by atomic mass is 9.98. The zero-order valence-electron chi connectivity index (χ0n) is 17.9. The molecule has 2 saturated heterocycles. The minimum absolute atomic E-state index is 0.0109. The number of allylic oxidation sites excluding steroid dienone is 4. The Kier molecular flexibility index (Phi) is 5.55. The monoisotopic (exact) mass is 449 g/mol. The minimum atomic E-state index is -0.624.